The molecule has 1 atom stereocenters. The highest BCUT2D eigenvalue weighted by atomic mass is 32.1. The molecule has 142 valence electrons. The molecule has 26 heavy (non-hydrogen) atoms. The molecule has 2 amide bonds. The lowest BCUT2D eigenvalue weighted by Gasteiger charge is -2.27. The summed E-state index contributed by atoms with van der Waals surface area (Å²) in [6.45, 7) is 11.8. The highest BCUT2D eigenvalue weighted by Gasteiger charge is 2.20. The third-order valence-electron chi connectivity index (χ3n) is 4.55. The van der Waals surface area contributed by atoms with Crippen LogP contribution in [0.3, 0.4) is 0 Å². The van der Waals surface area contributed by atoms with E-state index >= 15 is 0 Å². The maximum Gasteiger partial charge on any atom is 0.317 e. The first-order valence-electron chi connectivity index (χ1n) is 9.13. The van der Waals surface area contributed by atoms with Crippen molar-refractivity contribution in [1.82, 2.24) is 15.2 Å². The monoisotopic (exact) mass is 375 g/mol. The molecule has 2 aromatic rings. The zero-order chi connectivity index (χ0) is 19.1. The van der Waals surface area contributed by atoms with E-state index in [1.165, 1.54) is 5.56 Å². The number of nitrogens with one attached hydrogen (secondary N) is 1. The summed E-state index contributed by atoms with van der Waals surface area (Å²) < 4.78 is 5.93. The molecular weight excluding hydrogens is 346 g/mol. The van der Waals surface area contributed by atoms with Crippen LogP contribution in [0.2, 0.25) is 0 Å². The summed E-state index contributed by atoms with van der Waals surface area (Å²) in [7, 11) is 0. The zero-order valence-electron chi connectivity index (χ0n) is 16.3. The van der Waals surface area contributed by atoms with Gasteiger partial charge in [0, 0.05) is 18.0 Å². The van der Waals surface area contributed by atoms with Crippen molar-refractivity contribution < 1.29 is 9.53 Å². The Morgan fingerprint density at radius 1 is 1.35 bits per heavy atom. The fourth-order valence-corrected chi connectivity index (χ4v) is 3.28. The number of rotatable bonds is 8. The van der Waals surface area contributed by atoms with Gasteiger partial charge in [-0.25, -0.2) is 9.78 Å². The number of benzene rings is 1. The van der Waals surface area contributed by atoms with Crippen LogP contribution in [-0.2, 0) is 13.2 Å². The van der Waals surface area contributed by atoms with E-state index in [9.17, 15) is 4.79 Å². The van der Waals surface area contributed by atoms with Crippen LogP contribution in [0.5, 0.6) is 5.75 Å². The van der Waals surface area contributed by atoms with E-state index < -0.39 is 0 Å². The van der Waals surface area contributed by atoms with Gasteiger partial charge in [-0.15, -0.1) is 11.3 Å². The number of urea groups is 1. The van der Waals surface area contributed by atoms with E-state index in [4.69, 9.17) is 4.74 Å². The normalized spacial score (nSPS) is 11.9. The standard InChI is InChI=1S/C20H29N3O2S/c1-6-15(4)23(20(24)21-7-2)11-17-13-26-19(22-17)12-25-18-10-8-9-14(3)16(18)5/h8-10,13,15H,6-7,11-12H2,1-5H3,(H,21,24)/t15-/m1/s1. The Labute approximate surface area is 160 Å². The Hall–Kier alpha value is -2.08. The van der Waals surface area contributed by atoms with Gasteiger partial charge in [0.2, 0.25) is 0 Å². The van der Waals surface area contributed by atoms with Gasteiger partial charge in [-0.2, -0.15) is 0 Å². The van der Waals surface area contributed by atoms with E-state index in [-0.39, 0.29) is 12.1 Å². The van der Waals surface area contributed by atoms with Crippen LogP contribution in [0.25, 0.3) is 0 Å². The van der Waals surface area contributed by atoms with Gasteiger partial charge in [0.15, 0.2) is 0 Å². The fourth-order valence-electron chi connectivity index (χ4n) is 2.58. The smallest absolute Gasteiger partial charge is 0.317 e. The summed E-state index contributed by atoms with van der Waals surface area (Å²) >= 11 is 1.57. The zero-order valence-corrected chi connectivity index (χ0v) is 17.2. The third kappa shape index (κ3) is 5.21. The molecular formula is C20H29N3O2S. The Balaban J connectivity index is 2.01. The van der Waals surface area contributed by atoms with Crippen molar-refractivity contribution in [2.24, 2.45) is 0 Å². The molecule has 6 heteroatoms. The topological polar surface area (TPSA) is 54.5 Å². The summed E-state index contributed by atoms with van der Waals surface area (Å²) in [5.41, 5.74) is 3.28. The Morgan fingerprint density at radius 3 is 2.81 bits per heavy atom. The molecule has 0 saturated carbocycles. The molecule has 1 heterocycles. The van der Waals surface area contributed by atoms with Crippen LogP contribution in [0.4, 0.5) is 4.79 Å². The number of amides is 2. The third-order valence-corrected chi connectivity index (χ3v) is 5.42. The van der Waals surface area contributed by atoms with Gasteiger partial charge in [0.1, 0.15) is 17.4 Å². The maximum atomic E-state index is 12.3. The largest absolute Gasteiger partial charge is 0.486 e. The molecule has 0 aliphatic carbocycles. The number of hydrogen-bond donors (Lipinski definition) is 1. The molecule has 0 spiro atoms. The first kappa shape index (κ1) is 20.2. The van der Waals surface area contributed by atoms with Gasteiger partial charge in [0.05, 0.1) is 12.2 Å². The Morgan fingerprint density at radius 2 is 2.12 bits per heavy atom. The van der Waals surface area contributed by atoms with Gasteiger partial charge < -0.3 is 15.0 Å². The number of nitrogens with zero attached hydrogens (tertiary/aromatic N) is 2. The number of carbonyl (C=O) groups excluding carboxylic acids is 1. The van der Waals surface area contributed by atoms with E-state index in [1.807, 2.05) is 29.3 Å². The SMILES string of the molecule is CCNC(=O)N(Cc1csc(COc2cccc(C)c2C)n1)[C@H](C)CC. The van der Waals surface area contributed by atoms with Gasteiger partial charge in [-0.3, -0.25) is 0 Å². The van der Waals surface area contributed by atoms with Crippen LogP contribution < -0.4 is 10.1 Å². The average Bonchev–Trinajstić information content (AvgIpc) is 3.08. The number of thiazole rings is 1. The predicted molar refractivity (Wildman–Crippen MR) is 107 cm³/mol. The molecule has 0 saturated heterocycles. The van der Waals surface area contributed by atoms with Crippen molar-refractivity contribution in [3.8, 4) is 5.75 Å². The number of hydrogen-bond acceptors (Lipinski definition) is 4. The van der Waals surface area contributed by atoms with E-state index in [1.54, 1.807) is 11.3 Å². The molecule has 0 aliphatic heterocycles. The summed E-state index contributed by atoms with van der Waals surface area (Å²) in [4.78, 5) is 18.8. The minimum Gasteiger partial charge on any atom is -0.486 e. The van der Waals surface area contributed by atoms with Crippen molar-refractivity contribution in [3.05, 3.63) is 45.4 Å². The molecule has 1 N–H and O–H groups in total. The van der Waals surface area contributed by atoms with E-state index in [2.05, 4.69) is 44.1 Å². The highest BCUT2D eigenvalue weighted by molar-refractivity contribution is 7.09. The number of aryl methyl sites for hydroxylation is 1. The summed E-state index contributed by atoms with van der Waals surface area (Å²) in [6.07, 6.45) is 0.907. The molecule has 0 aliphatic rings. The first-order valence-corrected chi connectivity index (χ1v) is 10.0. The summed E-state index contributed by atoms with van der Waals surface area (Å²) in [5, 5.41) is 5.81. The van der Waals surface area contributed by atoms with Gasteiger partial charge in [-0.05, 0) is 51.3 Å². The van der Waals surface area contributed by atoms with Crippen LogP contribution >= 0.6 is 11.3 Å². The van der Waals surface area contributed by atoms with Gasteiger partial charge in [0.25, 0.3) is 0 Å². The van der Waals surface area contributed by atoms with Gasteiger partial charge >= 0.3 is 6.03 Å². The summed E-state index contributed by atoms with van der Waals surface area (Å²) in [5.74, 6) is 0.894. The molecule has 0 unspecified atom stereocenters. The second-order valence-electron chi connectivity index (χ2n) is 6.44. The molecule has 0 bridgehead atoms. The lowest BCUT2D eigenvalue weighted by Crippen LogP contribution is -2.44. The van der Waals surface area contributed by atoms with Crippen molar-refractivity contribution in [1.29, 1.82) is 0 Å². The lowest BCUT2D eigenvalue weighted by atomic mass is 10.1. The molecule has 5 nitrogen and oxygen atoms in total. The second kappa shape index (κ2) is 9.57. The maximum absolute atomic E-state index is 12.3. The average molecular weight is 376 g/mol. The summed E-state index contributed by atoms with van der Waals surface area (Å²) in [6, 6.07) is 6.19. The molecule has 0 fully saturated rings. The number of ether oxygens (including phenoxy) is 1. The van der Waals surface area contributed by atoms with Gasteiger partial charge in [-0.1, -0.05) is 19.1 Å². The van der Waals surface area contributed by atoms with Crippen molar-refractivity contribution >= 4 is 17.4 Å². The minimum absolute atomic E-state index is 0.0389. The minimum atomic E-state index is -0.0389. The molecule has 1 aromatic carbocycles. The van der Waals surface area contributed by atoms with Crippen LogP contribution in [-0.4, -0.2) is 28.5 Å². The highest BCUT2D eigenvalue weighted by Crippen LogP contribution is 2.23. The quantitative estimate of drug-likeness (QED) is 0.729. The van der Waals surface area contributed by atoms with Crippen molar-refractivity contribution in [2.45, 2.75) is 60.2 Å². The molecule has 2 rings (SSSR count). The number of aromatic nitrogens is 1. The second-order valence-corrected chi connectivity index (χ2v) is 7.38. The van der Waals surface area contributed by atoms with Crippen molar-refractivity contribution in [2.75, 3.05) is 6.54 Å². The van der Waals surface area contributed by atoms with Crippen LogP contribution in [0.1, 0.15) is 49.0 Å². The predicted octanol–water partition coefficient (Wildman–Crippen LogP) is 4.67. The van der Waals surface area contributed by atoms with Crippen LogP contribution in [0.15, 0.2) is 23.6 Å². The fraction of sp³-hybridized carbons (Fsp3) is 0.500. The molecule has 1 aromatic heterocycles. The van der Waals surface area contributed by atoms with Crippen LogP contribution in [0, 0.1) is 13.8 Å². The Bertz CT molecular complexity index is 730. The Kier molecular flexibility index (Phi) is 7.45. The van der Waals surface area contributed by atoms with E-state index in [0.29, 0.717) is 19.7 Å². The number of carbonyl (C=O) groups is 1. The van der Waals surface area contributed by atoms with E-state index in [0.717, 1.165) is 28.4 Å². The van der Waals surface area contributed by atoms with Crippen molar-refractivity contribution in [3.63, 3.8) is 0 Å². The lowest BCUT2D eigenvalue weighted by molar-refractivity contribution is 0.173. The first-order chi connectivity index (χ1) is 12.5. The molecule has 0 radical (unpaired) electrons.